The van der Waals surface area contributed by atoms with Crippen molar-refractivity contribution < 1.29 is 0 Å². The van der Waals surface area contributed by atoms with E-state index in [2.05, 4.69) is 17.2 Å². The van der Waals surface area contributed by atoms with Gasteiger partial charge in [0.05, 0.1) is 11.3 Å². The van der Waals surface area contributed by atoms with E-state index in [4.69, 9.17) is 0 Å². The average Bonchev–Trinajstić information content (AvgIpc) is 2.05. The summed E-state index contributed by atoms with van der Waals surface area (Å²) in [7, 11) is 3.85. The van der Waals surface area contributed by atoms with Crippen LogP contribution in [0.2, 0.25) is 0 Å². The maximum atomic E-state index is 10.1. The van der Waals surface area contributed by atoms with E-state index in [-0.39, 0.29) is 0 Å². The predicted molar refractivity (Wildman–Crippen MR) is 44.1 cm³/mol. The van der Waals surface area contributed by atoms with E-state index in [1.54, 1.807) is 7.05 Å². The van der Waals surface area contributed by atoms with Crippen molar-refractivity contribution in [3.8, 4) is 0 Å². The summed E-state index contributed by atoms with van der Waals surface area (Å²) in [4.78, 5) is 12.4. The molecule has 1 fully saturated rings. The molecule has 64 valence electrons. The fourth-order valence-electron chi connectivity index (χ4n) is 1.44. The highest BCUT2D eigenvalue weighted by atomic mass is 16.3. The maximum Gasteiger partial charge on any atom is 0.0523 e. The number of piperidine rings is 1. The molecule has 0 amide bonds. The summed E-state index contributed by atoms with van der Waals surface area (Å²) < 4.78 is 0. The first kappa shape index (κ1) is 8.46. The van der Waals surface area contributed by atoms with Gasteiger partial charge in [0.2, 0.25) is 0 Å². The van der Waals surface area contributed by atoms with Gasteiger partial charge in [-0.3, -0.25) is 5.01 Å². The summed E-state index contributed by atoms with van der Waals surface area (Å²) in [5, 5.41) is 4.44. The smallest absolute Gasteiger partial charge is 0.0523 e. The van der Waals surface area contributed by atoms with Gasteiger partial charge in [-0.1, -0.05) is 0 Å². The first-order valence-corrected chi connectivity index (χ1v) is 3.98. The largest absolute Gasteiger partial charge is 0.306 e. The Kier molecular flexibility index (Phi) is 2.82. The standard InChI is InChI=1S/C7H15N3O/c1-9-5-3-7(4-6-9)10(2)8-11/h7H,3-6H2,1-2H3. The Morgan fingerprint density at radius 3 is 2.45 bits per heavy atom. The summed E-state index contributed by atoms with van der Waals surface area (Å²) in [6.45, 7) is 2.15. The van der Waals surface area contributed by atoms with Crippen molar-refractivity contribution in [2.45, 2.75) is 18.9 Å². The molecular formula is C7H15N3O. The van der Waals surface area contributed by atoms with Gasteiger partial charge in [0, 0.05) is 7.05 Å². The van der Waals surface area contributed by atoms with Crippen LogP contribution in [0.5, 0.6) is 0 Å². The summed E-state index contributed by atoms with van der Waals surface area (Å²) in [6.07, 6.45) is 2.11. The summed E-state index contributed by atoms with van der Waals surface area (Å²) in [6, 6.07) is 0.365. The highest BCUT2D eigenvalue weighted by molar-refractivity contribution is 4.74. The van der Waals surface area contributed by atoms with Crippen molar-refractivity contribution in [1.82, 2.24) is 9.91 Å². The number of likely N-dealkylation sites (tertiary alicyclic amines) is 1. The third-order valence-corrected chi connectivity index (χ3v) is 2.35. The molecule has 4 heteroatoms. The predicted octanol–water partition coefficient (Wildman–Crippen LogP) is 0.694. The Morgan fingerprint density at radius 1 is 1.45 bits per heavy atom. The van der Waals surface area contributed by atoms with Gasteiger partial charge in [0.15, 0.2) is 0 Å². The van der Waals surface area contributed by atoms with Gasteiger partial charge in [-0.2, -0.15) is 0 Å². The molecule has 0 atom stereocenters. The Balaban J connectivity index is 2.32. The lowest BCUT2D eigenvalue weighted by atomic mass is 10.1. The molecule has 11 heavy (non-hydrogen) atoms. The zero-order valence-corrected chi connectivity index (χ0v) is 7.16. The van der Waals surface area contributed by atoms with Crippen LogP contribution in [-0.4, -0.2) is 43.1 Å². The number of hydrogen-bond donors (Lipinski definition) is 0. The van der Waals surface area contributed by atoms with Gasteiger partial charge in [-0.25, -0.2) is 0 Å². The molecule has 0 aromatic rings. The quantitative estimate of drug-likeness (QED) is 0.437. The summed E-state index contributed by atoms with van der Waals surface area (Å²) >= 11 is 0. The molecule has 1 heterocycles. The zero-order chi connectivity index (χ0) is 8.27. The van der Waals surface area contributed by atoms with Crippen molar-refractivity contribution in [3.63, 3.8) is 0 Å². The lowest BCUT2D eigenvalue weighted by molar-refractivity contribution is 0.146. The van der Waals surface area contributed by atoms with E-state index in [0.717, 1.165) is 25.9 Å². The first-order chi connectivity index (χ1) is 5.24. The van der Waals surface area contributed by atoms with Gasteiger partial charge in [0.1, 0.15) is 0 Å². The van der Waals surface area contributed by atoms with Crippen LogP contribution in [0.1, 0.15) is 12.8 Å². The molecule has 0 saturated carbocycles. The number of nitroso groups, excluding NO2 is 1. The average molecular weight is 157 g/mol. The normalized spacial score (nSPS) is 21.6. The van der Waals surface area contributed by atoms with Crippen LogP contribution in [0.3, 0.4) is 0 Å². The first-order valence-electron chi connectivity index (χ1n) is 3.98. The Labute approximate surface area is 67.1 Å². The van der Waals surface area contributed by atoms with Gasteiger partial charge in [-0.05, 0) is 33.0 Å². The fraction of sp³-hybridized carbons (Fsp3) is 1.00. The van der Waals surface area contributed by atoms with Crippen molar-refractivity contribution in [1.29, 1.82) is 0 Å². The van der Waals surface area contributed by atoms with E-state index < -0.39 is 0 Å². The molecular weight excluding hydrogens is 142 g/mol. The molecule has 0 aromatic heterocycles. The van der Waals surface area contributed by atoms with Gasteiger partial charge in [0.25, 0.3) is 0 Å². The van der Waals surface area contributed by atoms with Gasteiger partial charge in [-0.15, -0.1) is 4.91 Å². The molecule has 1 aliphatic heterocycles. The molecule has 0 aliphatic carbocycles. The number of nitrogens with zero attached hydrogens (tertiary/aromatic N) is 3. The topological polar surface area (TPSA) is 35.9 Å². The molecule has 0 bridgehead atoms. The molecule has 1 rings (SSSR count). The van der Waals surface area contributed by atoms with Gasteiger partial charge >= 0.3 is 0 Å². The second-order valence-electron chi connectivity index (χ2n) is 3.19. The van der Waals surface area contributed by atoms with Crippen LogP contribution >= 0.6 is 0 Å². The third-order valence-electron chi connectivity index (χ3n) is 2.35. The van der Waals surface area contributed by atoms with E-state index in [1.165, 1.54) is 5.01 Å². The van der Waals surface area contributed by atoms with Crippen LogP contribution in [-0.2, 0) is 0 Å². The minimum Gasteiger partial charge on any atom is -0.306 e. The molecule has 0 spiro atoms. The molecule has 1 saturated heterocycles. The molecule has 0 aromatic carbocycles. The van der Waals surface area contributed by atoms with E-state index in [9.17, 15) is 4.91 Å². The lowest BCUT2D eigenvalue weighted by Crippen LogP contribution is -2.39. The number of rotatable bonds is 2. The van der Waals surface area contributed by atoms with E-state index >= 15 is 0 Å². The van der Waals surface area contributed by atoms with Crippen LogP contribution in [0.25, 0.3) is 0 Å². The SMILES string of the molecule is CN1CCC(N(C)N=O)CC1. The van der Waals surface area contributed by atoms with Crippen LogP contribution < -0.4 is 0 Å². The van der Waals surface area contributed by atoms with Crippen molar-refractivity contribution in [2.24, 2.45) is 5.29 Å². The third kappa shape index (κ3) is 2.15. The summed E-state index contributed by atoms with van der Waals surface area (Å²) in [5.74, 6) is 0. The highest BCUT2D eigenvalue weighted by Gasteiger charge is 2.19. The second kappa shape index (κ2) is 3.67. The molecule has 4 nitrogen and oxygen atoms in total. The minimum absolute atomic E-state index is 0.365. The van der Waals surface area contributed by atoms with Crippen LogP contribution in [0, 0.1) is 4.91 Å². The lowest BCUT2D eigenvalue weighted by Gasteiger charge is -2.31. The fourth-order valence-corrected chi connectivity index (χ4v) is 1.44. The summed E-state index contributed by atoms with van der Waals surface area (Å²) in [5.41, 5.74) is 0. The van der Waals surface area contributed by atoms with E-state index in [0.29, 0.717) is 6.04 Å². The maximum absolute atomic E-state index is 10.1. The van der Waals surface area contributed by atoms with Crippen molar-refractivity contribution in [2.75, 3.05) is 27.2 Å². The van der Waals surface area contributed by atoms with Crippen molar-refractivity contribution >= 4 is 0 Å². The van der Waals surface area contributed by atoms with Gasteiger partial charge < -0.3 is 4.90 Å². The molecule has 0 N–H and O–H groups in total. The second-order valence-corrected chi connectivity index (χ2v) is 3.19. The number of hydrogen-bond acceptors (Lipinski definition) is 3. The monoisotopic (exact) mass is 157 g/mol. The Bertz CT molecular complexity index is 132. The Morgan fingerprint density at radius 2 is 2.00 bits per heavy atom. The highest BCUT2D eigenvalue weighted by Crippen LogP contribution is 2.13. The molecule has 0 unspecified atom stereocenters. The minimum atomic E-state index is 0.365. The van der Waals surface area contributed by atoms with Crippen LogP contribution in [0.4, 0.5) is 0 Å². The molecule has 1 aliphatic rings. The van der Waals surface area contributed by atoms with Crippen LogP contribution in [0.15, 0.2) is 5.29 Å². The zero-order valence-electron chi connectivity index (χ0n) is 7.16. The van der Waals surface area contributed by atoms with E-state index in [1.807, 2.05) is 0 Å². The Hall–Kier alpha value is -0.640. The molecule has 0 radical (unpaired) electrons. The van der Waals surface area contributed by atoms with Crippen molar-refractivity contribution in [3.05, 3.63) is 4.91 Å².